The Hall–Kier alpha value is -2.09. The molecule has 0 bridgehead atoms. The summed E-state index contributed by atoms with van der Waals surface area (Å²) >= 11 is 0. The van der Waals surface area contributed by atoms with Crippen LogP contribution in [0.1, 0.15) is 24.2 Å². The fourth-order valence-electron chi connectivity index (χ4n) is 2.38. The van der Waals surface area contributed by atoms with Gasteiger partial charge in [-0.3, -0.25) is 4.99 Å². The quantitative estimate of drug-likeness (QED) is 0.794. The zero-order valence-electron chi connectivity index (χ0n) is 11.0. The Bertz CT molecular complexity index is 562. The van der Waals surface area contributed by atoms with Crippen molar-refractivity contribution in [2.45, 2.75) is 13.0 Å². The molecule has 0 radical (unpaired) electrons. The van der Waals surface area contributed by atoms with Gasteiger partial charge in [0.2, 0.25) is 5.90 Å². The third-order valence-electron chi connectivity index (χ3n) is 3.43. The Morgan fingerprint density at radius 1 is 0.947 bits per heavy atom. The topological polar surface area (TPSA) is 21.6 Å². The molecule has 0 saturated carbocycles. The van der Waals surface area contributed by atoms with Crippen molar-refractivity contribution >= 4 is 5.90 Å². The summed E-state index contributed by atoms with van der Waals surface area (Å²) < 4.78 is 6.12. The Morgan fingerprint density at radius 3 is 2.26 bits per heavy atom. The zero-order chi connectivity index (χ0) is 13.1. The predicted molar refractivity (Wildman–Crippen MR) is 77.3 cm³/mol. The summed E-state index contributed by atoms with van der Waals surface area (Å²) in [6.07, 6.45) is 0.0916. The molecule has 2 heteroatoms. The Morgan fingerprint density at radius 2 is 1.58 bits per heavy atom. The lowest BCUT2D eigenvalue weighted by Gasteiger charge is -2.29. The number of rotatable bonds is 2. The van der Waals surface area contributed by atoms with E-state index >= 15 is 0 Å². The van der Waals surface area contributed by atoms with Crippen LogP contribution in [0.2, 0.25) is 0 Å². The highest BCUT2D eigenvalue weighted by atomic mass is 16.5. The second-order valence-electron chi connectivity index (χ2n) is 4.94. The predicted octanol–water partition coefficient (Wildman–Crippen LogP) is 3.84. The zero-order valence-corrected chi connectivity index (χ0v) is 11.0. The maximum absolute atomic E-state index is 6.12. The van der Waals surface area contributed by atoms with Gasteiger partial charge in [0.25, 0.3) is 0 Å². The van der Waals surface area contributed by atoms with Gasteiger partial charge in [-0.2, -0.15) is 0 Å². The van der Waals surface area contributed by atoms with Crippen molar-refractivity contribution in [2.75, 3.05) is 6.54 Å². The molecule has 0 aromatic heterocycles. The smallest absolute Gasteiger partial charge is 0.216 e. The van der Waals surface area contributed by atoms with E-state index in [2.05, 4.69) is 36.2 Å². The fraction of sp³-hybridized carbons (Fsp3) is 0.235. The molecule has 0 amide bonds. The molecule has 96 valence electrons. The fourth-order valence-corrected chi connectivity index (χ4v) is 2.38. The number of benzene rings is 2. The molecular formula is C17H17NO. The lowest BCUT2D eigenvalue weighted by molar-refractivity contribution is 0.120. The Labute approximate surface area is 113 Å². The normalized spacial score (nSPS) is 22.5. The largest absolute Gasteiger partial charge is 0.469 e. The molecule has 19 heavy (non-hydrogen) atoms. The highest BCUT2D eigenvalue weighted by Crippen LogP contribution is 2.30. The van der Waals surface area contributed by atoms with E-state index in [1.54, 1.807) is 0 Å². The van der Waals surface area contributed by atoms with Crippen molar-refractivity contribution in [3.05, 3.63) is 71.8 Å². The molecule has 0 saturated heterocycles. The first-order valence-electron chi connectivity index (χ1n) is 6.66. The molecule has 3 rings (SSSR count). The number of nitrogens with zero attached hydrogens (tertiary/aromatic N) is 1. The van der Waals surface area contributed by atoms with Crippen molar-refractivity contribution in [2.24, 2.45) is 10.9 Å². The van der Waals surface area contributed by atoms with E-state index in [4.69, 9.17) is 4.74 Å². The highest BCUT2D eigenvalue weighted by molar-refractivity contribution is 5.94. The monoisotopic (exact) mass is 251 g/mol. The maximum Gasteiger partial charge on any atom is 0.216 e. The summed E-state index contributed by atoms with van der Waals surface area (Å²) in [6, 6.07) is 20.5. The number of ether oxygens (including phenoxy) is 1. The number of hydrogen-bond donors (Lipinski definition) is 0. The molecule has 1 aliphatic heterocycles. The van der Waals surface area contributed by atoms with Gasteiger partial charge in [0.05, 0.1) is 0 Å². The molecule has 0 aliphatic carbocycles. The van der Waals surface area contributed by atoms with Gasteiger partial charge in [0.15, 0.2) is 0 Å². The molecule has 2 nitrogen and oxygen atoms in total. The first kappa shape index (κ1) is 12.0. The average Bonchev–Trinajstić information content (AvgIpc) is 2.49. The minimum atomic E-state index is 0.0916. The van der Waals surface area contributed by atoms with Crippen molar-refractivity contribution in [3.8, 4) is 0 Å². The molecular weight excluding hydrogens is 234 g/mol. The van der Waals surface area contributed by atoms with Crippen LogP contribution >= 0.6 is 0 Å². The molecule has 2 aromatic rings. The van der Waals surface area contributed by atoms with Gasteiger partial charge in [-0.25, -0.2) is 0 Å². The van der Waals surface area contributed by atoms with Gasteiger partial charge in [-0.05, 0) is 17.7 Å². The summed E-state index contributed by atoms with van der Waals surface area (Å²) in [5.74, 6) is 1.16. The summed E-state index contributed by atoms with van der Waals surface area (Å²) in [5, 5.41) is 0. The maximum atomic E-state index is 6.12. The van der Waals surface area contributed by atoms with Crippen LogP contribution in [0, 0.1) is 5.92 Å². The van der Waals surface area contributed by atoms with Crippen LogP contribution in [0.25, 0.3) is 0 Å². The molecule has 2 atom stereocenters. The number of hydrogen-bond acceptors (Lipinski definition) is 2. The van der Waals surface area contributed by atoms with Crippen LogP contribution < -0.4 is 0 Å². The average molecular weight is 251 g/mol. The van der Waals surface area contributed by atoms with Gasteiger partial charge in [-0.15, -0.1) is 0 Å². The third-order valence-corrected chi connectivity index (χ3v) is 3.43. The Kier molecular flexibility index (Phi) is 3.32. The first-order valence-corrected chi connectivity index (χ1v) is 6.66. The lowest BCUT2D eigenvalue weighted by Crippen LogP contribution is -2.26. The molecule has 0 N–H and O–H groups in total. The summed E-state index contributed by atoms with van der Waals surface area (Å²) in [4.78, 5) is 4.55. The van der Waals surface area contributed by atoms with Gasteiger partial charge in [-0.1, -0.05) is 55.5 Å². The van der Waals surface area contributed by atoms with Crippen LogP contribution in [0.3, 0.4) is 0 Å². The molecule has 2 aromatic carbocycles. The van der Waals surface area contributed by atoms with E-state index in [0.717, 1.165) is 18.0 Å². The Balaban J connectivity index is 1.88. The summed E-state index contributed by atoms with van der Waals surface area (Å²) in [5.41, 5.74) is 2.27. The van der Waals surface area contributed by atoms with Gasteiger partial charge >= 0.3 is 0 Å². The summed E-state index contributed by atoms with van der Waals surface area (Å²) in [7, 11) is 0. The van der Waals surface area contributed by atoms with Crippen molar-refractivity contribution < 1.29 is 4.74 Å². The van der Waals surface area contributed by atoms with Crippen molar-refractivity contribution in [3.63, 3.8) is 0 Å². The van der Waals surface area contributed by atoms with E-state index in [1.165, 1.54) is 5.56 Å². The standard InChI is InChI=1S/C17H17NO/c1-13-12-18-17(15-10-6-3-7-11-15)19-16(13)14-8-4-2-5-9-14/h2-11,13,16H,12H2,1H3/t13-,16-/m0/s1. The van der Waals surface area contributed by atoms with Crippen LogP contribution in [-0.4, -0.2) is 12.4 Å². The molecule has 0 fully saturated rings. The summed E-state index contributed by atoms with van der Waals surface area (Å²) in [6.45, 7) is 2.99. The highest BCUT2D eigenvalue weighted by Gasteiger charge is 2.26. The van der Waals surface area contributed by atoms with Crippen LogP contribution in [0.4, 0.5) is 0 Å². The van der Waals surface area contributed by atoms with E-state index < -0.39 is 0 Å². The van der Waals surface area contributed by atoms with Crippen molar-refractivity contribution in [1.29, 1.82) is 0 Å². The minimum absolute atomic E-state index is 0.0916. The second-order valence-corrected chi connectivity index (χ2v) is 4.94. The van der Waals surface area contributed by atoms with Gasteiger partial charge in [0, 0.05) is 18.0 Å². The minimum Gasteiger partial charge on any atom is -0.469 e. The van der Waals surface area contributed by atoms with Crippen molar-refractivity contribution in [1.82, 2.24) is 0 Å². The molecule has 1 aliphatic rings. The van der Waals surface area contributed by atoms with Crippen LogP contribution in [0.15, 0.2) is 65.7 Å². The molecule has 0 spiro atoms. The van der Waals surface area contributed by atoms with Crippen LogP contribution in [0.5, 0.6) is 0 Å². The first-order chi connectivity index (χ1) is 9.34. The SMILES string of the molecule is C[C@H]1CN=C(c2ccccc2)O[C@@H]1c1ccccc1. The second kappa shape index (κ2) is 5.27. The third kappa shape index (κ3) is 2.53. The van der Waals surface area contributed by atoms with E-state index in [-0.39, 0.29) is 6.10 Å². The lowest BCUT2D eigenvalue weighted by atomic mass is 9.96. The van der Waals surface area contributed by atoms with Gasteiger partial charge < -0.3 is 4.74 Å². The molecule has 0 unspecified atom stereocenters. The van der Waals surface area contributed by atoms with E-state index in [0.29, 0.717) is 5.92 Å². The van der Waals surface area contributed by atoms with Gasteiger partial charge in [0.1, 0.15) is 6.10 Å². The number of aliphatic imine (C=N–C) groups is 1. The molecule has 1 heterocycles. The van der Waals surface area contributed by atoms with E-state index in [1.807, 2.05) is 36.4 Å². The van der Waals surface area contributed by atoms with Crippen LogP contribution in [-0.2, 0) is 4.74 Å². The van der Waals surface area contributed by atoms with E-state index in [9.17, 15) is 0 Å².